The molecule has 0 aliphatic rings. The van der Waals surface area contributed by atoms with Crippen LogP contribution < -0.4 is 9.47 Å². The fourth-order valence-electron chi connectivity index (χ4n) is 3.13. The molecule has 0 spiro atoms. The second kappa shape index (κ2) is 10.7. The van der Waals surface area contributed by atoms with Crippen LogP contribution in [-0.2, 0) is 13.1 Å². The van der Waals surface area contributed by atoms with E-state index >= 15 is 0 Å². The average Bonchev–Trinajstić information content (AvgIpc) is 2.75. The molecule has 1 atom stereocenters. The van der Waals surface area contributed by atoms with Gasteiger partial charge in [0.2, 0.25) is 0 Å². The molecule has 1 N–H and O–H groups in total. The molecule has 0 radical (unpaired) electrons. The summed E-state index contributed by atoms with van der Waals surface area (Å²) in [6.07, 6.45) is -0.792. The van der Waals surface area contributed by atoms with Gasteiger partial charge in [-0.3, -0.25) is 4.90 Å². The van der Waals surface area contributed by atoms with Crippen LogP contribution in [0.1, 0.15) is 11.1 Å². The molecule has 0 amide bonds. The van der Waals surface area contributed by atoms with Gasteiger partial charge in [0, 0.05) is 31.3 Å². The van der Waals surface area contributed by atoms with Gasteiger partial charge in [-0.15, -0.1) is 0 Å². The highest BCUT2D eigenvalue weighted by Gasteiger charge is 2.16. The molecule has 0 saturated heterocycles. The minimum atomic E-state index is -0.792. The molecule has 0 unspecified atom stereocenters. The zero-order valence-electron chi connectivity index (χ0n) is 16.8. The lowest BCUT2D eigenvalue weighted by molar-refractivity contribution is 0.0624. The lowest BCUT2D eigenvalue weighted by atomic mass is 10.1. The molecular formula is C24H25F2NO3. The van der Waals surface area contributed by atoms with Crippen LogP contribution in [0.3, 0.4) is 0 Å². The van der Waals surface area contributed by atoms with Crippen molar-refractivity contribution in [2.45, 2.75) is 19.2 Å². The van der Waals surface area contributed by atoms with Gasteiger partial charge < -0.3 is 14.6 Å². The first-order valence-corrected chi connectivity index (χ1v) is 9.68. The Morgan fingerprint density at radius 3 is 2.27 bits per heavy atom. The highest BCUT2D eigenvalue weighted by atomic mass is 19.1. The molecule has 4 nitrogen and oxygen atoms in total. The molecule has 0 heterocycles. The third-order valence-electron chi connectivity index (χ3n) is 4.63. The molecule has 0 bridgehead atoms. The minimum absolute atomic E-state index is 0.0868. The van der Waals surface area contributed by atoms with Crippen molar-refractivity contribution in [3.05, 3.63) is 95.6 Å². The average molecular weight is 413 g/mol. The number of aliphatic hydroxyl groups is 1. The number of aliphatic hydroxyl groups excluding tert-OH is 1. The Labute approximate surface area is 175 Å². The third-order valence-corrected chi connectivity index (χ3v) is 4.63. The van der Waals surface area contributed by atoms with Crippen LogP contribution in [0.5, 0.6) is 11.5 Å². The van der Waals surface area contributed by atoms with Crippen molar-refractivity contribution in [3.63, 3.8) is 0 Å². The predicted octanol–water partition coefficient (Wildman–Crippen LogP) is 4.42. The van der Waals surface area contributed by atoms with E-state index in [0.717, 1.165) is 17.4 Å². The fraction of sp³-hybridized carbons (Fsp3) is 0.250. The zero-order valence-corrected chi connectivity index (χ0v) is 16.8. The second-order valence-corrected chi connectivity index (χ2v) is 7.03. The number of methoxy groups -OCH3 is 1. The Hall–Kier alpha value is -2.96. The summed E-state index contributed by atoms with van der Waals surface area (Å²) in [5, 5.41) is 10.5. The number of rotatable bonds is 10. The Morgan fingerprint density at radius 2 is 1.60 bits per heavy atom. The van der Waals surface area contributed by atoms with Gasteiger partial charge in [0.05, 0.1) is 7.11 Å². The largest absolute Gasteiger partial charge is 0.497 e. The van der Waals surface area contributed by atoms with E-state index in [1.54, 1.807) is 31.4 Å². The van der Waals surface area contributed by atoms with Crippen molar-refractivity contribution in [3.8, 4) is 11.5 Å². The molecular weight excluding hydrogens is 388 g/mol. The van der Waals surface area contributed by atoms with Crippen LogP contribution in [-0.4, -0.2) is 36.4 Å². The summed E-state index contributed by atoms with van der Waals surface area (Å²) in [4.78, 5) is 1.91. The highest BCUT2D eigenvalue weighted by molar-refractivity contribution is 5.31. The van der Waals surface area contributed by atoms with Gasteiger partial charge in [0.25, 0.3) is 0 Å². The summed E-state index contributed by atoms with van der Waals surface area (Å²) in [5.74, 6) is 0.128. The Bertz CT molecular complexity index is 919. The molecule has 3 aromatic rings. The van der Waals surface area contributed by atoms with E-state index in [2.05, 4.69) is 0 Å². The molecule has 30 heavy (non-hydrogen) atoms. The SMILES string of the molecule is COc1ccc(OC[C@H](O)CN(Cc2ccccc2)Cc2ccc(F)cc2F)cc1. The number of hydrogen-bond acceptors (Lipinski definition) is 4. The molecule has 0 fully saturated rings. The quantitative estimate of drug-likeness (QED) is 0.535. The molecule has 158 valence electrons. The van der Waals surface area contributed by atoms with E-state index in [0.29, 0.717) is 17.9 Å². The Balaban J connectivity index is 1.64. The van der Waals surface area contributed by atoms with E-state index in [9.17, 15) is 13.9 Å². The number of benzene rings is 3. The maximum atomic E-state index is 14.2. The smallest absolute Gasteiger partial charge is 0.130 e. The maximum absolute atomic E-state index is 14.2. The second-order valence-electron chi connectivity index (χ2n) is 7.03. The van der Waals surface area contributed by atoms with Crippen molar-refractivity contribution >= 4 is 0 Å². The highest BCUT2D eigenvalue weighted by Crippen LogP contribution is 2.18. The zero-order chi connectivity index (χ0) is 21.3. The van der Waals surface area contributed by atoms with Crippen LogP contribution >= 0.6 is 0 Å². The standard InChI is InChI=1S/C24H25F2NO3/c1-29-22-9-11-23(12-10-22)30-17-21(28)16-27(14-18-5-3-2-4-6-18)15-19-7-8-20(25)13-24(19)26/h2-13,21,28H,14-17H2,1H3/t21-/m1/s1. The molecule has 0 aliphatic carbocycles. The van der Waals surface area contributed by atoms with E-state index in [-0.39, 0.29) is 19.7 Å². The molecule has 3 rings (SSSR count). The number of ether oxygens (including phenoxy) is 2. The van der Waals surface area contributed by atoms with E-state index in [1.807, 2.05) is 35.2 Å². The van der Waals surface area contributed by atoms with Gasteiger partial charge in [-0.05, 0) is 35.9 Å². The van der Waals surface area contributed by atoms with Crippen LogP contribution in [0.2, 0.25) is 0 Å². The van der Waals surface area contributed by atoms with Crippen molar-refractivity contribution in [2.75, 3.05) is 20.3 Å². The Morgan fingerprint density at radius 1 is 0.900 bits per heavy atom. The summed E-state index contributed by atoms with van der Waals surface area (Å²) in [7, 11) is 1.59. The Kier molecular flexibility index (Phi) is 7.76. The minimum Gasteiger partial charge on any atom is -0.497 e. The van der Waals surface area contributed by atoms with E-state index < -0.39 is 17.7 Å². The van der Waals surface area contributed by atoms with Crippen molar-refractivity contribution < 1.29 is 23.4 Å². The molecule has 0 aliphatic heterocycles. The van der Waals surface area contributed by atoms with Crippen molar-refractivity contribution in [1.29, 1.82) is 0 Å². The molecule has 3 aromatic carbocycles. The molecule has 0 saturated carbocycles. The molecule has 0 aromatic heterocycles. The van der Waals surface area contributed by atoms with Crippen LogP contribution in [0, 0.1) is 11.6 Å². The first-order valence-electron chi connectivity index (χ1n) is 9.68. The van der Waals surface area contributed by atoms with Gasteiger partial charge in [-0.1, -0.05) is 36.4 Å². The van der Waals surface area contributed by atoms with Crippen LogP contribution in [0.25, 0.3) is 0 Å². The monoisotopic (exact) mass is 413 g/mol. The summed E-state index contributed by atoms with van der Waals surface area (Å²) < 4.78 is 38.2. The lowest BCUT2D eigenvalue weighted by Crippen LogP contribution is -2.35. The summed E-state index contributed by atoms with van der Waals surface area (Å²) >= 11 is 0. The van der Waals surface area contributed by atoms with Gasteiger partial charge >= 0.3 is 0 Å². The van der Waals surface area contributed by atoms with Crippen LogP contribution in [0.4, 0.5) is 8.78 Å². The first kappa shape index (κ1) is 21.7. The van der Waals surface area contributed by atoms with Gasteiger partial charge in [-0.2, -0.15) is 0 Å². The summed E-state index contributed by atoms with van der Waals surface area (Å²) in [6.45, 7) is 1.10. The first-order chi connectivity index (χ1) is 14.5. The maximum Gasteiger partial charge on any atom is 0.130 e. The van der Waals surface area contributed by atoms with Crippen LogP contribution in [0.15, 0.2) is 72.8 Å². The van der Waals surface area contributed by atoms with E-state index in [4.69, 9.17) is 9.47 Å². The van der Waals surface area contributed by atoms with E-state index in [1.165, 1.54) is 12.1 Å². The van der Waals surface area contributed by atoms with Gasteiger partial charge in [0.15, 0.2) is 0 Å². The number of nitrogens with zero attached hydrogens (tertiary/aromatic N) is 1. The predicted molar refractivity (Wildman–Crippen MR) is 111 cm³/mol. The number of hydrogen-bond donors (Lipinski definition) is 1. The lowest BCUT2D eigenvalue weighted by Gasteiger charge is -2.25. The topological polar surface area (TPSA) is 41.9 Å². The summed E-state index contributed by atoms with van der Waals surface area (Å²) in [6, 6.07) is 20.3. The third kappa shape index (κ3) is 6.54. The van der Waals surface area contributed by atoms with Gasteiger partial charge in [0.1, 0.15) is 35.8 Å². The molecule has 6 heteroatoms. The summed E-state index contributed by atoms with van der Waals surface area (Å²) in [5.41, 5.74) is 1.40. The normalized spacial score (nSPS) is 12.0. The number of halogens is 2. The van der Waals surface area contributed by atoms with Crippen molar-refractivity contribution in [1.82, 2.24) is 4.90 Å². The fourth-order valence-corrected chi connectivity index (χ4v) is 3.13. The van der Waals surface area contributed by atoms with Gasteiger partial charge in [-0.25, -0.2) is 8.78 Å². The van der Waals surface area contributed by atoms with Crippen molar-refractivity contribution in [2.24, 2.45) is 0 Å².